The molecule has 0 unspecified atom stereocenters. The quantitative estimate of drug-likeness (QED) is 0.158. The fourth-order valence-electron chi connectivity index (χ4n) is 8.18. The van der Waals surface area contributed by atoms with Crippen molar-refractivity contribution in [3.8, 4) is 22.3 Å². The Morgan fingerprint density at radius 2 is 1.09 bits per heavy atom. The van der Waals surface area contributed by atoms with E-state index in [4.69, 9.17) is 4.42 Å². The van der Waals surface area contributed by atoms with Crippen LogP contribution in [0, 0.1) is 0 Å². The van der Waals surface area contributed by atoms with Crippen molar-refractivity contribution >= 4 is 66.1 Å². The Morgan fingerprint density at radius 1 is 0.456 bits per heavy atom. The number of fused-ring (bicyclic) bond motifs is 6. The van der Waals surface area contributed by atoms with Crippen LogP contribution in [-0.4, -0.2) is 0 Å². The number of benzene rings is 8. The maximum absolute atomic E-state index is 6.42. The second-order valence-corrected chi connectivity index (χ2v) is 14.5. The van der Waals surface area contributed by atoms with Crippen LogP contribution in [0.25, 0.3) is 71.3 Å². The van der Waals surface area contributed by atoms with Gasteiger partial charge in [0.25, 0.3) is 0 Å². The van der Waals surface area contributed by atoms with Gasteiger partial charge in [-0.1, -0.05) is 183 Å². The zero-order valence-electron chi connectivity index (χ0n) is 31.5. The van der Waals surface area contributed by atoms with E-state index in [1.54, 1.807) is 0 Å². The standard InChI is InChI=1S/C55H39NO/c1-38-14-6-4-2-3-5-7-16-46(38)42-26-24-39(25-27-42)40-28-33-44(34-29-40)56(53-22-13-20-49-47-17-9-8-15-41(47)32-37-50(49)53)45-35-30-43(31-36-45)48-19-12-21-52-51-18-10-11-23-54(51)57-55(48)52/h2,4-37H,1,3H2/b4-2-,7-5-,14-6-,46-16?. The zero-order chi connectivity index (χ0) is 38.1. The Morgan fingerprint density at radius 3 is 1.89 bits per heavy atom. The third-order valence-electron chi connectivity index (χ3n) is 11.1. The molecule has 1 heterocycles. The smallest absolute Gasteiger partial charge is 0.143 e. The SMILES string of the molecule is C=C1/C=C\C=C/C/C=C\C=C1c1ccc(-c2ccc(N(c3ccc(-c4cccc5c4oc4ccccc45)cc3)c3cccc4c3ccc3ccccc34)cc2)cc1. The average molecular weight is 730 g/mol. The van der Waals surface area contributed by atoms with E-state index in [2.05, 4.69) is 212 Å². The summed E-state index contributed by atoms with van der Waals surface area (Å²) >= 11 is 0. The van der Waals surface area contributed by atoms with Gasteiger partial charge in [-0.25, -0.2) is 0 Å². The molecule has 0 aliphatic heterocycles. The average Bonchev–Trinajstić information content (AvgIpc) is 3.66. The second kappa shape index (κ2) is 14.7. The van der Waals surface area contributed by atoms with Crippen LogP contribution in [0.15, 0.2) is 229 Å². The summed E-state index contributed by atoms with van der Waals surface area (Å²) in [5, 5.41) is 7.18. The molecule has 270 valence electrons. The molecule has 2 nitrogen and oxygen atoms in total. The van der Waals surface area contributed by atoms with Crippen LogP contribution in [-0.2, 0) is 0 Å². The van der Waals surface area contributed by atoms with E-state index in [9.17, 15) is 0 Å². The van der Waals surface area contributed by atoms with Crippen molar-refractivity contribution in [1.29, 1.82) is 0 Å². The van der Waals surface area contributed by atoms with E-state index in [0.29, 0.717) is 0 Å². The molecule has 0 fully saturated rings. The molecule has 8 aromatic carbocycles. The van der Waals surface area contributed by atoms with Crippen molar-refractivity contribution in [2.24, 2.45) is 0 Å². The molecule has 1 aliphatic rings. The number of hydrogen-bond acceptors (Lipinski definition) is 2. The summed E-state index contributed by atoms with van der Waals surface area (Å²) in [6, 6.07) is 61.1. The second-order valence-electron chi connectivity index (χ2n) is 14.5. The van der Waals surface area contributed by atoms with Gasteiger partial charge in [0.15, 0.2) is 0 Å². The fourth-order valence-corrected chi connectivity index (χ4v) is 8.18. The molecular formula is C55H39NO. The van der Waals surface area contributed by atoms with Crippen molar-refractivity contribution in [2.75, 3.05) is 4.90 Å². The van der Waals surface area contributed by atoms with Gasteiger partial charge < -0.3 is 9.32 Å². The lowest BCUT2D eigenvalue weighted by atomic mass is 9.95. The molecule has 0 atom stereocenters. The predicted molar refractivity (Wildman–Crippen MR) is 243 cm³/mol. The molecule has 0 amide bonds. The molecule has 0 N–H and O–H groups in total. The molecule has 9 aromatic rings. The van der Waals surface area contributed by atoms with E-state index >= 15 is 0 Å². The summed E-state index contributed by atoms with van der Waals surface area (Å²) in [4.78, 5) is 2.38. The molecule has 1 aromatic heterocycles. The normalized spacial score (nSPS) is 14.8. The molecule has 10 rings (SSSR count). The third kappa shape index (κ3) is 6.38. The first-order chi connectivity index (χ1) is 28.2. The Bertz CT molecular complexity index is 3080. The van der Waals surface area contributed by atoms with Gasteiger partial charge in [-0.2, -0.15) is 0 Å². The van der Waals surface area contributed by atoms with Gasteiger partial charge in [0.2, 0.25) is 0 Å². The lowest BCUT2D eigenvalue weighted by molar-refractivity contribution is 0.670. The monoisotopic (exact) mass is 729 g/mol. The summed E-state index contributed by atoms with van der Waals surface area (Å²) in [5.74, 6) is 0. The molecular weight excluding hydrogens is 691 g/mol. The van der Waals surface area contributed by atoms with Gasteiger partial charge in [-0.15, -0.1) is 0 Å². The van der Waals surface area contributed by atoms with Crippen LogP contribution in [0.1, 0.15) is 12.0 Å². The molecule has 0 spiro atoms. The Hall–Kier alpha value is -7.42. The van der Waals surface area contributed by atoms with Crippen LogP contribution in [0.5, 0.6) is 0 Å². The Labute approximate surface area is 333 Å². The summed E-state index contributed by atoms with van der Waals surface area (Å²) in [5.41, 5.74) is 12.9. The largest absolute Gasteiger partial charge is 0.455 e. The maximum Gasteiger partial charge on any atom is 0.143 e. The Balaban J connectivity index is 1.04. The van der Waals surface area contributed by atoms with Gasteiger partial charge in [0.05, 0.1) is 5.69 Å². The van der Waals surface area contributed by atoms with Gasteiger partial charge in [0.1, 0.15) is 11.2 Å². The number of hydrogen-bond donors (Lipinski definition) is 0. The van der Waals surface area contributed by atoms with Crippen molar-refractivity contribution < 1.29 is 4.42 Å². The lowest BCUT2D eigenvalue weighted by Gasteiger charge is -2.27. The van der Waals surface area contributed by atoms with Crippen LogP contribution in [0.3, 0.4) is 0 Å². The summed E-state index contributed by atoms with van der Waals surface area (Å²) in [6.07, 6.45) is 15.7. The van der Waals surface area contributed by atoms with Crippen LogP contribution < -0.4 is 4.90 Å². The highest BCUT2D eigenvalue weighted by atomic mass is 16.3. The maximum atomic E-state index is 6.42. The fraction of sp³-hybridized carbons (Fsp3) is 0.0182. The third-order valence-corrected chi connectivity index (χ3v) is 11.1. The van der Waals surface area contributed by atoms with Crippen molar-refractivity contribution in [1.82, 2.24) is 0 Å². The van der Waals surface area contributed by atoms with Crippen molar-refractivity contribution in [3.63, 3.8) is 0 Å². The minimum Gasteiger partial charge on any atom is -0.455 e. The van der Waals surface area contributed by atoms with E-state index in [1.807, 2.05) is 12.1 Å². The number of furan rings is 1. The van der Waals surface area contributed by atoms with E-state index in [-0.39, 0.29) is 0 Å². The summed E-state index contributed by atoms with van der Waals surface area (Å²) in [7, 11) is 0. The highest BCUT2D eigenvalue weighted by molar-refractivity contribution is 6.13. The van der Waals surface area contributed by atoms with Crippen molar-refractivity contribution in [3.05, 3.63) is 230 Å². The molecule has 0 radical (unpaired) electrons. The van der Waals surface area contributed by atoms with Crippen LogP contribution in [0.2, 0.25) is 0 Å². The molecule has 0 bridgehead atoms. The highest BCUT2D eigenvalue weighted by Gasteiger charge is 2.18. The molecule has 2 heteroatoms. The lowest BCUT2D eigenvalue weighted by Crippen LogP contribution is -2.10. The Kier molecular flexibility index (Phi) is 8.78. The van der Waals surface area contributed by atoms with Gasteiger partial charge in [-0.3, -0.25) is 0 Å². The number of allylic oxidation sites excluding steroid dienone is 9. The van der Waals surface area contributed by atoms with E-state index in [1.165, 1.54) is 21.5 Å². The number of nitrogens with zero attached hydrogens (tertiary/aromatic N) is 1. The first-order valence-corrected chi connectivity index (χ1v) is 19.5. The number of para-hydroxylation sites is 2. The molecule has 1 aliphatic carbocycles. The predicted octanol–water partition coefficient (Wildman–Crippen LogP) is 15.7. The molecule has 0 saturated heterocycles. The van der Waals surface area contributed by atoms with Gasteiger partial charge in [0, 0.05) is 33.1 Å². The van der Waals surface area contributed by atoms with Crippen LogP contribution in [0.4, 0.5) is 17.1 Å². The molecule has 57 heavy (non-hydrogen) atoms. The zero-order valence-corrected chi connectivity index (χ0v) is 31.5. The first-order valence-electron chi connectivity index (χ1n) is 19.5. The summed E-state index contributed by atoms with van der Waals surface area (Å²) in [6.45, 7) is 4.34. The van der Waals surface area contributed by atoms with Crippen LogP contribution >= 0.6 is 0 Å². The van der Waals surface area contributed by atoms with E-state index < -0.39 is 0 Å². The minimum absolute atomic E-state index is 0.905. The van der Waals surface area contributed by atoms with Crippen molar-refractivity contribution in [2.45, 2.75) is 6.42 Å². The number of anilines is 3. The van der Waals surface area contributed by atoms with Gasteiger partial charge >= 0.3 is 0 Å². The minimum atomic E-state index is 0.905. The topological polar surface area (TPSA) is 16.4 Å². The number of rotatable bonds is 6. The highest BCUT2D eigenvalue weighted by Crippen LogP contribution is 2.43. The van der Waals surface area contributed by atoms with Gasteiger partial charge in [-0.05, 0) is 92.4 Å². The first kappa shape index (κ1) is 34.1. The molecule has 0 saturated carbocycles. The van der Waals surface area contributed by atoms with E-state index in [0.717, 1.165) is 84.4 Å². The summed E-state index contributed by atoms with van der Waals surface area (Å²) < 4.78 is 6.42.